The molecule has 0 aromatic heterocycles. The first-order valence-electron chi connectivity index (χ1n) is 5.72. The molecule has 1 amide bonds. The molecule has 18 heavy (non-hydrogen) atoms. The predicted molar refractivity (Wildman–Crippen MR) is 57.4 cm³/mol. The Kier molecular flexibility index (Phi) is 3.02. The molecule has 2 rings (SSSR count). The van der Waals surface area contributed by atoms with Gasteiger partial charge in [-0.1, -0.05) is 6.92 Å². The zero-order valence-electron chi connectivity index (χ0n) is 10.1. The molecule has 2 aliphatic heterocycles. The number of amides is 1. The summed E-state index contributed by atoms with van der Waals surface area (Å²) in [5, 5.41) is 19.0. The molecule has 0 aromatic carbocycles. The first-order chi connectivity index (χ1) is 8.36. The second-order valence-corrected chi connectivity index (χ2v) is 4.78. The van der Waals surface area contributed by atoms with Crippen LogP contribution in [-0.4, -0.2) is 57.8 Å². The standard InChI is InChI=1S/C11H15NO6/c1-4-7(11(16)17)12-8(9(4)14)6(10(12)15)3-18-5(2)13/h4,6-9,14H,3H2,1-2H3,(H,16,17)/t4?,6-,7?,8+,9?/m1/s1. The Balaban J connectivity index is 2.12. The number of carboxylic acids is 1. The highest BCUT2D eigenvalue weighted by Crippen LogP contribution is 2.43. The van der Waals surface area contributed by atoms with E-state index in [4.69, 9.17) is 9.84 Å². The van der Waals surface area contributed by atoms with Crippen LogP contribution in [0.4, 0.5) is 0 Å². The van der Waals surface area contributed by atoms with Crippen molar-refractivity contribution in [1.29, 1.82) is 0 Å². The van der Waals surface area contributed by atoms with Gasteiger partial charge in [0, 0.05) is 12.8 Å². The van der Waals surface area contributed by atoms with Crippen LogP contribution in [0.5, 0.6) is 0 Å². The summed E-state index contributed by atoms with van der Waals surface area (Å²) >= 11 is 0. The van der Waals surface area contributed by atoms with Crippen LogP contribution in [-0.2, 0) is 19.1 Å². The van der Waals surface area contributed by atoms with E-state index in [0.29, 0.717) is 0 Å². The summed E-state index contributed by atoms with van der Waals surface area (Å²) in [6, 6.07) is -1.56. The summed E-state index contributed by atoms with van der Waals surface area (Å²) in [5.41, 5.74) is 0. The van der Waals surface area contributed by atoms with E-state index in [1.54, 1.807) is 6.92 Å². The molecule has 3 unspecified atom stereocenters. The Morgan fingerprint density at radius 1 is 1.44 bits per heavy atom. The molecule has 2 saturated heterocycles. The maximum atomic E-state index is 11.8. The average molecular weight is 257 g/mol. The number of β-lactam (4-membered cyclic amide) rings is 1. The molecule has 2 fully saturated rings. The van der Waals surface area contributed by atoms with Crippen molar-refractivity contribution in [1.82, 2.24) is 4.90 Å². The maximum absolute atomic E-state index is 11.8. The summed E-state index contributed by atoms with van der Waals surface area (Å²) < 4.78 is 4.76. The van der Waals surface area contributed by atoms with E-state index < -0.39 is 42.0 Å². The molecule has 2 N–H and O–H groups in total. The molecule has 100 valence electrons. The third-order valence-electron chi connectivity index (χ3n) is 3.71. The fourth-order valence-corrected chi connectivity index (χ4v) is 2.79. The lowest BCUT2D eigenvalue weighted by atomic mass is 9.86. The summed E-state index contributed by atoms with van der Waals surface area (Å²) in [4.78, 5) is 34.8. The van der Waals surface area contributed by atoms with E-state index in [2.05, 4.69) is 0 Å². The lowest BCUT2D eigenvalue weighted by molar-refractivity contribution is -0.172. The fraction of sp³-hybridized carbons (Fsp3) is 0.727. The number of carbonyl (C=O) groups is 3. The van der Waals surface area contributed by atoms with Gasteiger partial charge in [-0.25, -0.2) is 4.79 Å². The summed E-state index contributed by atoms with van der Waals surface area (Å²) in [5.74, 6) is -3.16. The molecule has 0 spiro atoms. The van der Waals surface area contributed by atoms with E-state index >= 15 is 0 Å². The van der Waals surface area contributed by atoms with E-state index in [9.17, 15) is 19.5 Å². The number of carboxylic acid groups (broad SMARTS) is 1. The Morgan fingerprint density at radius 3 is 2.56 bits per heavy atom. The molecule has 7 nitrogen and oxygen atoms in total. The van der Waals surface area contributed by atoms with Gasteiger partial charge >= 0.3 is 11.9 Å². The number of aliphatic carboxylic acids is 1. The first kappa shape index (κ1) is 12.8. The van der Waals surface area contributed by atoms with Crippen molar-refractivity contribution in [3.05, 3.63) is 0 Å². The summed E-state index contributed by atoms with van der Waals surface area (Å²) in [6.07, 6.45) is -0.899. The summed E-state index contributed by atoms with van der Waals surface area (Å²) in [7, 11) is 0. The van der Waals surface area contributed by atoms with Crippen LogP contribution in [0.2, 0.25) is 0 Å². The molecular weight excluding hydrogens is 242 g/mol. The molecule has 5 atom stereocenters. The monoisotopic (exact) mass is 257 g/mol. The number of ether oxygens (including phenoxy) is 1. The Hall–Kier alpha value is -1.63. The van der Waals surface area contributed by atoms with Gasteiger partial charge < -0.3 is 19.8 Å². The van der Waals surface area contributed by atoms with Crippen LogP contribution in [0.1, 0.15) is 13.8 Å². The van der Waals surface area contributed by atoms with Gasteiger partial charge in [-0.05, 0) is 0 Å². The minimum atomic E-state index is -1.12. The molecule has 0 bridgehead atoms. The van der Waals surface area contributed by atoms with Crippen molar-refractivity contribution < 1.29 is 29.3 Å². The lowest BCUT2D eigenvalue weighted by Crippen LogP contribution is -2.65. The number of aliphatic hydroxyl groups excluding tert-OH is 1. The minimum absolute atomic E-state index is 0.106. The number of carbonyl (C=O) groups excluding carboxylic acids is 2. The largest absolute Gasteiger partial charge is 0.480 e. The van der Waals surface area contributed by atoms with E-state index in [0.717, 1.165) is 0 Å². The van der Waals surface area contributed by atoms with Crippen molar-refractivity contribution in [3.8, 4) is 0 Å². The zero-order valence-corrected chi connectivity index (χ0v) is 10.1. The molecule has 2 heterocycles. The molecule has 0 aromatic rings. The number of nitrogens with zero attached hydrogens (tertiary/aromatic N) is 1. The van der Waals surface area contributed by atoms with E-state index in [-0.39, 0.29) is 12.5 Å². The van der Waals surface area contributed by atoms with Gasteiger partial charge in [0.15, 0.2) is 0 Å². The number of hydrogen-bond donors (Lipinski definition) is 2. The van der Waals surface area contributed by atoms with Gasteiger partial charge in [-0.3, -0.25) is 9.59 Å². The molecule has 0 radical (unpaired) electrons. The van der Waals surface area contributed by atoms with Crippen molar-refractivity contribution in [3.63, 3.8) is 0 Å². The predicted octanol–water partition coefficient (Wildman–Crippen LogP) is -1.16. The van der Waals surface area contributed by atoms with Crippen LogP contribution < -0.4 is 0 Å². The number of esters is 1. The lowest BCUT2D eigenvalue weighted by Gasteiger charge is -2.44. The normalized spacial score (nSPS) is 38.1. The highest BCUT2D eigenvalue weighted by Gasteiger charge is 2.63. The number of rotatable bonds is 3. The van der Waals surface area contributed by atoms with Crippen molar-refractivity contribution in [2.75, 3.05) is 6.61 Å². The van der Waals surface area contributed by atoms with Gasteiger partial charge in [0.05, 0.1) is 18.1 Å². The SMILES string of the molecule is CC(=O)OC[C@H]1C(=O)N2C(C(=O)O)C(C)C(O)[C@H]12. The van der Waals surface area contributed by atoms with E-state index in [1.165, 1.54) is 11.8 Å². The minimum Gasteiger partial charge on any atom is -0.480 e. The van der Waals surface area contributed by atoms with Gasteiger partial charge in [-0.15, -0.1) is 0 Å². The number of fused-ring (bicyclic) bond motifs is 1. The number of aliphatic hydroxyl groups is 1. The van der Waals surface area contributed by atoms with E-state index in [1.807, 2.05) is 0 Å². The third kappa shape index (κ3) is 1.66. The smallest absolute Gasteiger partial charge is 0.326 e. The van der Waals surface area contributed by atoms with Crippen LogP contribution in [0.3, 0.4) is 0 Å². The van der Waals surface area contributed by atoms with Crippen molar-refractivity contribution >= 4 is 17.8 Å². The van der Waals surface area contributed by atoms with Gasteiger partial charge in [0.2, 0.25) is 5.91 Å². The topological polar surface area (TPSA) is 104 Å². The van der Waals surface area contributed by atoms with Crippen molar-refractivity contribution in [2.45, 2.75) is 32.0 Å². The van der Waals surface area contributed by atoms with Gasteiger partial charge in [-0.2, -0.15) is 0 Å². The highest BCUT2D eigenvalue weighted by molar-refractivity contribution is 5.92. The Bertz CT molecular complexity index is 408. The molecule has 0 aliphatic carbocycles. The highest BCUT2D eigenvalue weighted by atomic mass is 16.5. The Labute approximate surface area is 103 Å². The number of hydrogen-bond acceptors (Lipinski definition) is 5. The quantitative estimate of drug-likeness (QED) is 0.488. The van der Waals surface area contributed by atoms with Gasteiger partial charge in [0.25, 0.3) is 0 Å². The third-order valence-corrected chi connectivity index (χ3v) is 3.71. The van der Waals surface area contributed by atoms with Gasteiger partial charge in [0.1, 0.15) is 12.6 Å². The second-order valence-electron chi connectivity index (χ2n) is 4.78. The molecule has 0 saturated carbocycles. The van der Waals surface area contributed by atoms with Crippen molar-refractivity contribution in [2.24, 2.45) is 11.8 Å². The Morgan fingerprint density at radius 2 is 2.06 bits per heavy atom. The molecule has 7 heteroatoms. The zero-order chi connectivity index (χ0) is 13.6. The first-order valence-corrected chi connectivity index (χ1v) is 5.72. The second kappa shape index (κ2) is 4.24. The molecular formula is C11H15NO6. The van der Waals surface area contributed by atoms with Crippen LogP contribution in [0.15, 0.2) is 0 Å². The fourth-order valence-electron chi connectivity index (χ4n) is 2.79. The summed E-state index contributed by atoms with van der Waals surface area (Å²) in [6.45, 7) is 2.72. The van der Waals surface area contributed by atoms with Crippen LogP contribution in [0.25, 0.3) is 0 Å². The maximum Gasteiger partial charge on any atom is 0.326 e. The molecule has 2 aliphatic rings. The van der Waals surface area contributed by atoms with Crippen LogP contribution in [0, 0.1) is 11.8 Å². The average Bonchev–Trinajstić information content (AvgIpc) is 2.50. The van der Waals surface area contributed by atoms with Crippen LogP contribution >= 0.6 is 0 Å².